The molecule has 1 aromatic heterocycles. The van der Waals surface area contributed by atoms with Crippen molar-refractivity contribution in [2.45, 2.75) is 6.92 Å². The molecule has 0 atom stereocenters. The molecule has 16 heavy (non-hydrogen) atoms. The first-order valence-electron chi connectivity index (χ1n) is 4.81. The van der Waals surface area contributed by atoms with Crippen LogP contribution in [-0.4, -0.2) is 4.98 Å². The molecule has 2 aromatic rings. The van der Waals surface area contributed by atoms with Gasteiger partial charge < -0.3 is 10.5 Å². The molecule has 2 N–H and O–H groups in total. The molecular weight excluding hydrogens is 224 g/mol. The highest BCUT2D eigenvalue weighted by Gasteiger charge is 2.04. The smallest absolute Gasteiger partial charge is 0.219 e. The van der Waals surface area contributed by atoms with Crippen molar-refractivity contribution in [3.05, 3.63) is 47.1 Å². The van der Waals surface area contributed by atoms with Crippen LogP contribution in [0.2, 0.25) is 5.02 Å². The van der Waals surface area contributed by atoms with E-state index in [9.17, 15) is 0 Å². The molecule has 3 nitrogen and oxygen atoms in total. The van der Waals surface area contributed by atoms with Gasteiger partial charge in [-0.05, 0) is 30.7 Å². The third-order valence-corrected chi connectivity index (χ3v) is 2.37. The fourth-order valence-corrected chi connectivity index (χ4v) is 1.43. The summed E-state index contributed by atoms with van der Waals surface area (Å²) in [5.74, 6) is 1.02. The van der Waals surface area contributed by atoms with Gasteiger partial charge in [-0.1, -0.05) is 11.6 Å². The molecule has 0 unspecified atom stereocenters. The van der Waals surface area contributed by atoms with E-state index in [0.29, 0.717) is 22.3 Å². The predicted octanol–water partition coefficient (Wildman–Crippen LogP) is 3.42. The number of nitrogen functional groups attached to an aromatic ring is 1. The Morgan fingerprint density at radius 2 is 2.06 bits per heavy atom. The fourth-order valence-electron chi connectivity index (χ4n) is 1.28. The molecule has 0 fully saturated rings. The average Bonchev–Trinajstić information content (AvgIpc) is 2.24. The average molecular weight is 235 g/mol. The number of nitrogens with two attached hydrogens (primary N) is 1. The van der Waals surface area contributed by atoms with Crippen LogP contribution in [0, 0.1) is 6.92 Å². The lowest BCUT2D eigenvalue weighted by atomic mass is 10.3. The first kappa shape index (κ1) is 10.8. The molecular formula is C12H11ClN2O. The van der Waals surface area contributed by atoms with Gasteiger partial charge in [-0.2, -0.15) is 0 Å². The van der Waals surface area contributed by atoms with E-state index >= 15 is 0 Å². The topological polar surface area (TPSA) is 48.1 Å². The third-order valence-electron chi connectivity index (χ3n) is 2.06. The molecule has 0 amide bonds. The Labute approximate surface area is 98.8 Å². The summed E-state index contributed by atoms with van der Waals surface area (Å²) in [5, 5.41) is 0.512. The van der Waals surface area contributed by atoms with Crippen molar-refractivity contribution in [3.8, 4) is 11.6 Å². The summed E-state index contributed by atoms with van der Waals surface area (Å²) in [6, 6.07) is 8.82. The molecule has 0 saturated heterocycles. The molecule has 0 radical (unpaired) electrons. The van der Waals surface area contributed by atoms with Gasteiger partial charge in [0.25, 0.3) is 0 Å². The van der Waals surface area contributed by atoms with Gasteiger partial charge in [-0.15, -0.1) is 0 Å². The molecule has 1 aromatic carbocycles. The molecule has 82 valence electrons. The van der Waals surface area contributed by atoms with E-state index in [1.54, 1.807) is 24.4 Å². The van der Waals surface area contributed by atoms with Gasteiger partial charge in [-0.3, -0.25) is 0 Å². The Hall–Kier alpha value is -1.74. The first-order chi connectivity index (χ1) is 7.65. The summed E-state index contributed by atoms with van der Waals surface area (Å²) < 4.78 is 5.55. The van der Waals surface area contributed by atoms with Crippen LogP contribution < -0.4 is 10.5 Å². The van der Waals surface area contributed by atoms with Gasteiger partial charge in [0.15, 0.2) is 0 Å². The zero-order chi connectivity index (χ0) is 11.5. The quantitative estimate of drug-likeness (QED) is 0.810. The zero-order valence-corrected chi connectivity index (χ0v) is 9.53. The Morgan fingerprint density at radius 1 is 1.25 bits per heavy atom. The minimum absolute atomic E-state index is 0.507. The van der Waals surface area contributed by atoms with Crippen molar-refractivity contribution in [2.24, 2.45) is 0 Å². The second-order valence-electron chi connectivity index (χ2n) is 3.46. The van der Waals surface area contributed by atoms with E-state index in [0.717, 1.165) is 5.56 Å². The maximum Gasteiger partial charge on any atom is 0.219 e. The monoisotopic (exact) mass is 234 g/mol. The summed E-state index contributed by atoms with van der Waals surface area (Å²) >= 11 is 5.98. The molecule has 2 rings (SSSR count). The van der Waals surface area contributed by atoms with Crippen LogP contribution in [0.1, 0.15) is 5.56 Å². The van der Waals surface area contributed by atoms with Crippen LogP contribution in [0.5, 0.6) is 11.6 Å². The highest BCUT2D eigenvalue weighted by atomic mass is 35.5. The number of aromatic nitrogens is 1. The number of halogens is 1. The predicted molar refractivity (Wildman–Crippen MR) is 64.9 cm³/mol. The van der Waals surface area contributed by atoms with Crippen molar-refractivity contribution < 1.29 is 4.74 Å². The van der Waals surface area contributed by atoms with Crippen molar-refractivity contribution in [3.63, 3.8) is 0 Å². The molecule has 0 bridgehead atoms. The van der Waals surface area contributed by atoms with Gasteiger partial charge in [0.1, 0.15) is 5.75 Å². The number of anilines is 1. The summed E-state index contributed by atoms with van der Waals surface area (Å²) in [6.45, 7) is 1.97. The number of hydrogen-bond donors (Lipinski definition) is 1. The SMILES string of the molecule is Cc1ccnc(Oc2cc(N)ccc2Cl)c1. The number of aryl methyl sites for hydroxylation is 1. The third kappa shape index (κ3) is 2.44. The molecule has 0 aliphatic rings. The van der Waals surface area contributed by atoms with E-state index in [1.807, 2.05) is 19.1 Å². The van der Waals surface area contributed by atoms with Crippen molar-refractivity contribution in [2.75, 3.05) is 5.73 Å². The van der Waals surface area contributed by atoms with Gasteiger partial charge in [0, 0.05) is 24.0 Å². The number of pyridine rings is 1. The molecule has 4 heteroatoms. The van der Waals surface area contributed by atoms with Gasteiger partial charge in [0.2, 0.25) is 5.88 Å². The maximum absolute atomic E-state index is 5.98. The minimum Gasteiger partial charge on any atom is -0.437 e. The second kappa shape index (κ2) is 4.41. The van der Waals surface area contributed by atoms with Crippen LogP contribution in [-0.2, 0) is 0 Å². The van der Waals surface area contributed by atoms with Crippen LogP contribution >= 0.6 is 11.6 Å². The van der Waals surface area contributed by atoms with Gasteiger partial charge >= 0.3 is 0 Å². The molecule has 0 saturated carbocycles. The first-order valence-corrected chi connectivity index (χ1v) is 5.18. The molecule has 0 aliphatic carbocycles. The lowest BCUT2D eigenvalue weighted by molar-refractivity contribution is 0.463. The maximum atomic E-state index is 5.98. The molecule has 0 aliphatic heterocycles. The Balaban J connectivity index is 2.30. The lowest BCUT2D eigenvalue weighted by Gasteiger charge is -2.07. The van der Waals surface area contributed by atoms with E-state index in [4.69, 9.17) is 22.1 Å². The Bertz CT molecular complexity index is 514. The Morgan fingerprint density at radius 3 is 2.81 bits per heavy atom. The summed E-state index contributed by atoms with van der Waals surface area (Å²) in [4.78, 5) is 4.08. The van der Waals surface area contributed by atoms with Crippen LogP contribution in [0.3, 0.4) is 0 Å². The number of nitrogens with zero attached hydrogens (tertiary/aromatic N) is 1. The number of hydrogen-bond acceptors (Lipinski definition) is 3. The number of ether oxygens (including phenoxy) is 1. The van der Waals surface area contributed by atoms with E-state index in [-0.39, 0.29) is 0 Å². The largest absolute Gasteiger partial charge is 0.437 e. The van der Waals surface area contributed by atoms with Crippen LogP contribution in [0.15, 0.2) is 36.5 Å². The number of rotatable bonds is 2. The summed E-state index contributed by atoms with van der Waals surface area (Å²) in [5.41, 5.74) is 7.33. The van der Waals surface area contributed by atoms with Crippen molar-refractivity contribution in [1.29, 1.82) is 0 Å². The normalized spacial score (nSPS) is 10.1. The van der Waals surface area contributed by atoms with Crippen molar-refractivity contribution in [1.82, 2.24) is 4.98 Å². The van der Waals surface area contributed by atoms with Crippen LogP contribution in [0.25, 0.3) is 0 Å². The van der Waals surface area contributed by atoms with Gasteiger partial charge in [-0.25, -0.2) is 4.98 Å². The van der Waals surface area contributed by atoms with Gasteiger partial charge in [0.05, 0.1) is 5.02 Å². The standard InChI is InChI=1S/C12H11ClN2O/c1-8-4-5-15-12(6-8)16-11-7-9(14)2-3-10(11)13/h2-7H,14H2,1H3. The van der Waals surface area contributed by atoms with E-state index < -0.39 is 0 Å². The number of benzene rings is 1. The van der Waals surface area contributed by atoms with E-state index in [2.05, 4.69) is 4.98 Å². The Kier molecular flexibility index (Phi) is 2.97. The molecule has 1 heterocycles. The fraction of sp³-hybridized carbons (Fsp3) is 0.0833. The lowest BCUT2D eigenvalue weighted by Crippen LogP contribution is -1.91. The highest BCUT2D eigenvalue weighted by Crippen LogP contribution is 2.30. The molecule has 0 spiro atoms. The zero-order valence-electron chi connectivity index (χ0n) is 8.77. The summed E-state index contributed by atoms with van der Waals surface area (Å²) in [6.07, 6.45) is 1.69. The second-order valence-corrected chi connectivity index (χ2v) is 3.87. The minimum atomic E-state index is 0.507. The van der Waals surface area contributed by atoms with E-state index in [1.165, 1.54) is 0 Å². The van der Waals surface area contributed by atoms with Crippen molar-refractivity contribution >= 4 is 17.3 Å². The summed E-state index contributed by atoms with van der Waals surface area (Å²) in [7, 11) is 0. The highest BCUT2D eigenvalue weighted by molar-refractivity contribution is 6.32. The van der Waals surface area contributed by atoms with Crippen LogP contribution in [0.4, 0.5) is 5.69 Å².